The third kappa shape index (κ3) is 3.23. The molecule has 4 heteroatoms. The number of piperazine rings is 1. The molecule has 3 rings (SSSR count). The van der Waals surface area contributed by atoms with Crippen molar-refractivity contribution in [2.45, 2.75) is 31.3 Å². The number of benzene rings is 1. The Hall–Kier alpha value is -1.10. The van der Waals surface area contributed by atoms with Gasteiger partial charge < -0.3 is 20.3 Å². The fraction of sp³-hybridized carbons (Fsp3) is 0.647. The SMILES string of the molecule is CN1CCN(C)C(CC(N)c2cccc3c2OCCC3)C1. The lowest BCUT2D eigenvalue weighted by Gasteiger charge is -2.39. The van der Waals surface area contributed by atoms with Crippen LogP contribution in [0.25, 0.3) is 0 Å². The lowest BCUT2D eigenvalue weighted by atomic mass is 9.93. The second-order valence-electron chi connectivity index (χ2n) is 6.53. The summed E-state index contributed by atoms with van der Waals surface area (Å²) in [6.45, 7) is 4.19. The van der Waals surface area contributed by atoms with E-state index in [9.17, 15) is 0 Å². The van der Waals surface area contributed by atoms with E-state index in [0.29, 0.717) is 6.04 Å². The molecule has 4 nitrogen and oxygen atoms in total. The average Bonchev–Trinajstić information content (AvgIpc) is 2.50. The number of nitrogens with zero attached hydrogens (tertiary/aromatic N) is 2. The number of para-hydroxylation sites is 1. The van der Waals surface area contributed by atoms with Crippen LogP contribution in [0.2, 0.25) is 0 Å². The highest BCUT2D eigenvalue weighted by Crippen LogP contribution is 2.34. The zero-order chi connectivity index (χ0) is 14.8. The summed E-state index contributed by atoms with van der Waals surface area (Å²) in [6, 6.07) is 7.02. The Kier molecular flexibility index (Phi) is 4.48. The Morgan fingerprint density at radius 3 is 3.05 bits per heavy atom. The molecule has 0 radical (unpaired) electrons. The van der Waals surface area contributed by atoms with Gasteiger partial charge in [0.1, 0.15) is 5.75 Å². The summed E-state index contributed by atoms with van der Waals surface area (Å²) in [4.78, 5) is 4.84. The van der Waals surface area contributed by atoms with Crippen LogP contribution in [0.5, 0.6) is 5.75 Å². The number of hydrogen-bond donors (Lipinski definition) is 1. The molecule has 0 bridgehead atoms. The number of hydrogen-bond acceptors (Lipinski definition) is 4. The average molecular weight is 289 g/mol. The van der Waals surface area contributed by atoms with Crippen molar-refractivity contribution in [3.8, 4) is 5.75 Å². The Bertz CT molecular complexity index is 491. The molecule has 2 atom stereocenters. The highest BCUT2D eigenvalue weighted by atomic mass is 16.5. The maximum Gasteiger partial charge on any atom is 0.127 e. The molecule has 0 aromatic heterocycles. The van der Waals surface area contributed by atoms with Crippen molar-refractivity contribution in [2.75, 3.05) is 40.3 Å². The predicted molar refractivity (Wildman–Crippen MR) is 85.7 cm³/mol. The molecule has 2 aliphatic heterocycles. The molecule has 0 amide bonds. The molecule has 2 unspecified atom stereocenters. The van der Waals surface area contributed by atoms with Crippen LogP contribution in [0.4, 0.5) is 0 Å². The Labute approximate surface area is 127 Å². The first-order valence-electron chi connectivity index (χ1n) is 8.04. The fourth-order valence-corrected chi connectivity index (χ4v) is 3.48. The Morgan fingerprint density at radius 2 is 2.19 bits per heavy atom. The van der Waals surface area contributed by atoms with Gasteiger partial charge in [-0.1, -0.05) is 18.2 Å². The van der Waals surface area contributed by atoms with Crippen molar-refractivity contribution < 1.29 is 4.74 Å². The van der Waals surface area contributed by atoms with Crippen molar-refractivity contribution in [2.24, 2.45) is 5.73 Å². The van der Waals surface area contributed by atoms with Crippen molar-refractivity contribution in [3.63, 3.8) is 0 Å². The molecule has 0 saturated carbocycles. The third-order valence-electron chi connectivity index (χ3n) is 4.87. The van der Waals surface area contributed by atoms with E-state index in [2.05, 4.69) is 42.1 Å². The van der Waals surface area contributed by atoms with Crippen LogP contribution >= 0.6 is 0 Å². The number of fused-ring (bicyclic) bond motifs is 1. The van der Waals surface area contributed by atoms with Crippen LogP contribution in [0, 0.1) is 0 Å². The van der Waals surface area contributed by atoms with Crippen LogP contribution in [0.1, 0.15) is 30.0 Å². The summed E-state index contributed by atoms with van der Waals surface area (Å²) in [5, 5.41) is 0. The first kappa shape index (κ1) is 14.8. The van der Waals surface area contributed by atoms with Gasteiger partial charge in [0, 0.05) is 37.3 Å². The molecule has 116 valence electrons. The predicted octanol–water partition coefficient (Wildman–Crippen LogP) is 1.65. The first-order valence-corrected chi connectivity index (χ1v) is 8.04. The quantitative estimate of drug-likeness (QED) is 0.919. The molecule has 1 aromatic carbocycles. The topological polar surface area (TPSA) is 41.7 Å². The monoisotopic (exact) mass is 289 g/mol. The van der Waals surface area contributed by atoms with Crippen LogP contribution in [0.15, 0.2) is 18.2 Å². The van der Waals surface area contributed by atoms with Gasteiger partial charge in [-0.25, -0.2) is 0 Å². The Morgan fingerprint density at radius 1 is 1.33 bits per heavy atom. The van der Waals surface area contributed by atoms with Gasteiger partial charge in [0.05, 0.1) is 6.61 Å². The molecule has 2 heterocycles. The molecule has 1 fully saturated rings. The largest absolute Gasteiger partial charge is 0.493 e. The molecule has 2 aliphatic rings. The molecule has 2 N–H and O–H groups in total. The van der Waals surface area contributed by atoms with Crippen LogP contribution in [-0.2, 0) is 6.42 Å². The van der Waals surface area contributed by atoms with Crippen LogP contribution in [-0.4, -0.2) is 56.2 Å². The summed E-state index contributed by atoms with van der Waals surface area (Å²) in [5.74, 6) is 1.06. The lowest BCUT2D eigenvalue weighted by Crippen LogP contribution is -2.50. The lowest BCUT2D eigenvalue weighted by molar-refractivity contribution is 0.104. The molecule has 0 aliphatic carbocycles. The van der Waals surface area contributed by atoms with E-state index in [1.165, 1.54) is 11.1 Å². The Balaban J connectivity index is 1.74. The number of aryl methyl sites for hydroxylation is 1. The van der Waals surface area contributed by atoms with Gasteiger partial charge in [-0.3, -0.25) is 0 Å². The zero-order valence-corrected chi connectivity index (χ0v) is 13.2. The van der Waals surface area contributed by atoms with E-state index in [4.69, 9.17) is 10.5 Å². The van der Waals surface area contributed by atoms with Crippen molar-refractivity contribution >= 4 is 0 Å². The summed E-state index contributed by atoms with van der Waals surface area (Å²) >= 11 is 0. The minimum Gasteiger partial charge on any atom is -0.493 e. The normalized spacial score (nSPS) is 25.2. The van der Waals surface area contributed by atoms with Gasteiger partial charge >= 0.3 is 0 Å². The summed E-state index contributed by atoms with van der Waals surface area (Å²) in [5.41, 5.74) is 9.04. The minimum absolute atomic E-state index is 0.0528. The zero-order valence-electron chi connectivity index (χ0n) is 13.2. The minimum atomic E-state index is 0.0528. The van der Waals surface area contributed by atoms with Gasteiger partial charge in [0.15, 0.2) is 0 Å². The van der Waals surface area contributed by atoms with Gasteiger partial charge in [-0.15, -0.1) is 0 Å². The number of ether oxygens (including phenoxy) is 1. The van der Waals surface area contributed by atoms with Gasteiger partial charge in [-0.2, -0.15) is 0 Å². The number of rotatable bonds is 3. The summed E-state index contributed by atoms with van der Waals surface area (Å²) in [6.07, 6.45) is 3.21. The van der Waals surface area contributed by atoms with E-state index in [1.807, 2.05) is 0 Å². The molecule has 21 heavy (non-hydrogen) atoms. The van der Waals surface area contributed by atoms with E-state index in [-0.39, 0.29) is 6.04 Å². The van der Waals surface area contributed by atoms with Gasteiger partial charge in [-0.05, 0) is 38.9 Å². The van der Waals surface area contributed by atoms with E-state index in [0.717, 1.165) is 51.3 Å². The molecular formula is C17H27N3O. The second-order valence-corrected chi connectivity index (χ2v) is 6.53. The van der Waals surface area contributed by atoms with Gasteiger partial charge in [0.2, 0.25) is 0 Å². The summed E-state index contributed by atoms with van der Waals surface area (Å²) in [7, 11) is 4.40. The third-order valence-corrected chi connectivity index (χ3v) is 4.87. The van der Waals surface area contributed by atoms with E-state index in [1.54, 1.807) is 0 Å². The smallest absolute Gasteiger partial charge is 0.127 e. The number of nitrogens with two attached hydrogens (primary N) is 1. The standard InChI is InChI=1S/C17H27N3O/c1-19-8-9-20(2)14(12-19)11-16(18)15-7-3-5-13-6-4-10-21-17(13)15/h3,5,7,14,16H,4,6,8-12,18H2,1-2H3. The first-order chi connectivity index (χ1) is 10.1. The van der Waals surface area contributed by atoms with Crippen LogP contribution in [0.3, 0.4) is 0 Å². The molecule has 1 saturated heterocycles. The van der Waals surface area contributed by atoms with E-state index >= 15 is 0 Å². The highest BCUT2D eigenvalue weighted by molar-refractivity contribution is 5.44. The van der Waals surface area contributed by atoms with Crippen molar-refractivity contribution in [1.82, 2.24) is 9.80 Å². The summed E-state index contributed by atoms with van der Waals surface area (Å²) < 4.78 is 5.91. The van der Waals surface area contributed by atoms with Gasteiger partial charge in [0.25, 0.3) is 0 Å². The number of likely N-dealkylation sites (N-methyl/N-ethyl adjacent to an activating group) is 2. The van der Waals surface area contributed by atoms with Crippen LogP contribution < -0.4 is 10.5 Å². The maximum atomic E-state index is 6.53. The molecular weight excluding hydrogens is 262 g/mol. The second kappa shape index (κ2) is 6.34. The van der Waals surface area contributed by atoms with E-state index < -0.39 is 0 Å². The van der Waals surface area contributed by atoms with Crippen molar-refractivity contribution in [1.29, 1.82) is 0 Å². The maximum absolute atomic E-state index is 6.53. The fourth-order valence-electron chi connectivity index (χ4n) is 3.48. The molecule has 1 aromatic rings. The highest BCUT2D eigenvalue weighted by Gasteiger charge is 2.26. The molecule has 0 spiro atoms. The van der Waals surface area contributed by atoms with Crippen molar-refractivity contribution in [3.05, 3.63) is 29.3 Å².